The molecule has 0 aliphatic heterocycles. The second-order valence-electron chi connectivity index (χ2n) is 3.13. The molecule has 0 unspecified atom stereocenters. The van der Waals surface area contributed by atoms with E-state index in [1.165, 1.54) is 0 Å². The molecule has 1 aliphatic carbocycles. The topological polar surface area (TPSA) is 52.6 Å². The first-order valence-corrected chi connectivity index (χ1v) is 4.62. The highest BCUT2D eigenvalue weighted by Crippen LogP contribution is 2.52. The molecule has 0 saturated heterocycles. The molecule has 78 valence electrons. The van der Waals surface area contributed by atoms with Gasteiger partial charge in [-0.05, 0) is 19.4 Å². The van der Waals surface area contributed by atoms with Crippen LogP contribution in [0.2, 0.25) is 0 Å². The number of carbonyl (C=O) groups excluding carboxylic acids is 2. The summed E-state index contributed by atoms with van der Waals surface area (Å²) in [5, 5.41) is 0. The highest BCUT2D eigenvalue weighted by Gasteiger charge is 2.63. The summed E-state index contributed by atoms with van der Waals surface area (Å²) in [5.41, 5.74) is -0.610. The van der Waals surface area contributed by atoms with Gasteiger partial charge in [-0.25, -0.2) is 0 Å². The number of esters is 2. The van der Waals surface area contributed by atoms with Crippen LogP contribution >= 0.6 is 0 Å². The lowest BCUT2D eigenvalue weighted by Gasteiger charge is -2.11. The Balaban J connectivity index is 2.73. The number of rotatable bonds is 4. The zero-order chi connectivity index (χ0) is 10.8. The van der Waals surface area contributed by atoms with Gasteiger partial charge in [0.05, 0.1) is 13.2 Å². The Morgan fingerprint density at radius 2 is 1.64 bits per heavy atom. The molecule has 0 radical (unpaired) electrons. The lowest BCUT2D eigenvalue weighted by Crippen LogP contribution is -2.30. The Hall–Kier alpha value is -1.32. The van der Waals surface area contributed by atoms with Crippen LogP contribution in [0.5, 0.6) is 0 Å². The van der Waals surface area contributed by atoms with Gasteiger partial charge in [0.25, 0.3) is 0 Å². The number of carbonyl (C=O) groups is 2. The van der Waals surface area contributed by atoms with E-state index in [4.69, 9.17) is 9.47 Å². The Morgan fingerprint density at radius 1 is 1.29 bits per heavy atom. The first kappa shape index (κ1) is 10.8. The molecule has 0 heterocycles. The van der Waals surface area contributed by atoms with Crippen molar-refractivity contribution in [3.05, 3.63) is 12.2 Å². The lowest BCUT2D eigenvalue weighted by molar-refractivity contribution is -0.162. The fraction of sp³-hybridized carbons (Fsp3) is 0.600. The summed E-state index contributed by atoms with van der Waals surface area (Å²) in [6.07, 6.45) is 0.352. The lowest BCUT2D eigenvalue weighted by atomic mass is 10.1. The summed E-state index contributed by atoms with van der Waals surface area (Å²) in [6.45, 7) is 7.53. The Morgan fingerprint density at radius 3 is 1.86 bits per heavy atom. The minimum atomic E-state index is -1.19. The van der Waals surface area contributed by atoms with Crippen LogP contribution in [0.25, 0.3) is 0 Å². The molecule has 14 heavy (non-hydrogen) atoms. The third-order valence-corrected chi connectivity index (χ3v) is 2.20. The van der Waals surface area contributed by atoms with Crippen LogP contribution in [-0.2, 0) is 19.1 Å². The number of hydrogen-bond donors (Lipinski definition) is 0. The van der Waals surface area contributed by atoms with E-state index in [0.717, 1.165) is 0 Å². The standard InChI is InChI=1S/C10H14O4/c1-4-13-8(11)10(6-7(10)3)9(12)14-5-2/h3-6H2,1-2H3. The van der Waals surface area contributed by atoms with Crippen molar-refractivity contribution in [1.82, 2.24) is 0 Å². The molecule has 0 atom stereocenters. The average molecular weight is 198 g/mol. The van der Waals surface area contributed by atoms with Crippen LogP contribution in [0.1, 0.15) is 20.3 Å². The molecule has 0 aromatic carbocycles. The fourth-order valence-electron chi connectivity index (χ4n) is 1.30. The molecule has 1 aliphatic rings. The smallest absolute Gasteiger partial charge is 0.328 e. The molecule has 1 rings (SSSR count). The average Bonchev–Trinajstić information content (AvgIpc) is 2.80. The van der Waals surface area contributed by atoms with Crippen LogP contribution < -0.4 is 0 Å². The van der Waals surface area contributed by atoms with Gasteiger partial charge >= 0.3 is 11.9 Å². The van der Waals surface area contributed by atoms with Crippen LogP contribution in [-0.4, -0.2) is 25.2 Å². The van der Waals surface area contributed by atoms with Gasteiger partial charge in [0.1, 0.15) is 0 Å². The monoisotopic (exact) mass is 198 g/mol. The molecule has 0 aromatic rings. The zero-order valence-electron chi connectivity index (χ0n) is 8.46. The predicted molar refractivity (Wildman–Crippen MR) is 49.5 cm³/mol. The maximum absolute atomic E-state index is 11.5. The second-order valence-corrected chi connectivity index (χ2v) is 3.13. The molecule has 1 saturated carbocycles. The third kappa shape index (κ3) is 1.52. The third-order valence-electron chi connectivity index (χ3n) is 2.20. The summed E-state index contributed by atoms with van der Waals surface area (Å²) < 4.78 is 9.61. The molecule has 0 bridgehead atoms. The highest BCUT2D eigenvalue weighted by atomic mass is 16.6. The van der Waals surface area contributed by atoms with Crippen molar-refractivity contribution in [2.24, 2.45) is 5.41 Å². The fourth-order valence-corrected chi connectivity index (χ4v) is 1.30. The summed E-state index contributed by atoms with van der Waals surface area (Å²) in [4.78, 5) is 22.9. The quantitative estimate of drug-likeness (QED) is 0.385. The Labute approximate surface area is 82.9 Å². The van der Waals surface area contributed by atoms with E-state index in [1.807, 2.05) is 0 Å². The van der Waals surface area contributed by atoms with Gasteiger partial charge in [-0.1, -0.05) is 6.58 Å². The molecular formula is C10H14O4. The minimum absolute atomic E-state index is 0.257. The van der Waals surface area contributed by atoms with Crippen molar-refractivity contribution in [3.63, 3.8) is 0 Å². The molecule has 0 spiro atoms. The maximum Gasteiger partial charge on any atom is 0.328 e. The first-order chi connectivity index (χ1) is 6.59. The van der Waals surface area contributed by atoms with Gasteiger partial charge in [-0.15, -0.1) is 0 Å². The van der Waals surface area contributed by atoms with Gasteiger partial charge in [0.15, 0.2) is 5.41 Å². The van der Waals surface area contributed by atoms with E-state index in [1.54, 1.807) is 13.8 Å². The van der Waals surface area contributed by atoms with E-state index in [2.05, 4.69) is 6.58 Å². The molecule has 0 amide bonds. The van der Waals surface area contributed by atoms with Crippen molar-refractivity contribution in [2.45, 2.75) is 20.3 Å². The number of hydrogen-bond acceptors (Lipinski definition) is 4. The summed E-state index contributed by atoms with van der Waals surface area (Å²) in [6, 6.07) is 0. The van der Waals surface area contributed by atoms with Crippen molar-refractivity contribution < 1.29 is 19.1 Å². The van der Waals surface area contributed by atoms with Crippen LogP contribution in [0.15, 0.2) is 12.2 Å². The van der Waals surface area contributed by atoms with E-state index < -0.39 is 17.4 Å². The Bertz CT molecular complexity index is 262. The van der Waals surface area contributed by atoms with Gasteiger partial charge in [-0.2, -0.15) is 0 Å². The normalized spacial score (nSPS) is 17.4. The zero-order valence-corrected chi connectivity index (χ0v) is 8.46. The van der Waals surface area contributed by atoms with Crippen molar-refractivity contribution in [3.8, 4) is 0 Å². The molecular weight excluding hydrogens is 184 g/mol. The van der Waals surface area contributed by atoms with Gasteiger partial charge in [-0.3, -0.25) is 9.59 Å². The summed E-state index contributed by atoms with van der Waals surface area (Å²) >= 11 is 0. The van der Waals surface area contributed by atoms with Crippen molar-refractivity contribution in [2.75, 3.05) is 13.2 Å². The van der Waals surface area contributed by atoms with E-state index >= 15 is 0 Å². The van der Waals surface area contributed by atoms with Crippen LogP contribution in [0, 0.1) is 5.41 Å². The first-order valence-electron chi connectivity index (χ1n) is 4.62. The van der Waals surface area contributed by atoms with Crippen LogP contribution in [0.4, 0.5) is 0 Å². The summed E-state index contributed by atoms with van der Waals surface area (Å²) in [5.74, 6) is -1.08. The van der Waals surface area contributed by atoms with Crippen LogP contribution in [0.3, 0.4) is 0 Å². The number of ether oxygens (including phenoxy) is 2. The van der Waals surface area contributed by atoms with Gasteiger partial charge in [0.2, 0.25) is 0 Å². The molecule has 4 nitrogen and oxygen atoms in total. The van der Waals surface area contributed by atoms with E-state index in [9.17, 15) is 9.59 Å². The maximum atomic E-state index is 11.5. The van der Waals surface area contributed by atoms with E-state index in [-0.39, 0.29) is 13.2 Å². The van der Waals surface area contributed by atoms with Crippen molar-refractivity contribution in [1.29, 1.82) is 0 Å². The molecule has 1 fully saturated rings. The SMILES string of the molecule is C=C1CC1(C(=O)OCC)C(=O)OCC. The molecule has 4 heteroatoms. The minimum Gasteiger partial charge on any atom is -0.465 e. The van der Waals surface area contributed by atoms with Gasteiger partial charge < -0.3 is 9.47 Å². The van der Waals surface area contributed by atoms with E-state index in [0.29, 0.717) is 12.0 Å². The highest BCUT2D eigenvalue weighted by molar-refractivity contribution is 6.08. The second kappa shape index (κ2) is 3.82. The van der Waals surface area contributed by atoms with Crippen molar-refractivity contribution >= 4 is 11.9 Å². The summed E-state index contributed by atoms with van der Waals surface area (Å²) in [7, 11) is 0. The predicted octanol–water partition coefficient (Wildman–Crippen LogP) is 1.06. The molecule has 0 N–H and O–H groups in total. The largest absolute Gasteiger partial charge is 0.465 e. The van der Waals surface area contributed by atoms with Gasteiger partial charge in [0, 0.05) is 6.42 Å². The Kier molecular flexibility index (Phi) is 2.93. The molecule has 0 aromatic heterocycles.